The number of carbonyl (C=O) groups excluding carboxylic acids is 1. The van der Waals surface area contributed by atoms with Gasteiger partial charge in [-0.2, -0.15) is 0 Å². The Labute approximate surface area is 158 Å². The maximum atomic E-state index is 12.3. The Balaban J connectivity index is 1.85. The van der Waals surface area contributed by atoms with Crippen LogP contribution in [0.4, 0.5) is 5.69 Å². The van der Waals surface area contributed by atoms with Gasteiger partial charge in [-0.05, 0) is 55.0 Å². The molecule has 0 aliphatic carbocycles. The predicted octanol–water partition coefficient (Wildman–Crippen LogP) is 2.98. The van der Waals surface area contributed by atoms with Crippen LogP contribution < -0.4 is 19.1 Å². The van der Waals surface area contributed by atoms with Gasteiger partial charge in [0.1, 0.15) is 17.2 Å². The molecular formula is C20H23NO6. The highest BCUT2D eigenvalue weighted by molar-refractivity contribution is 5.93. The zero-order chi connectivity index (χ0) is 19.6. The molecule has 0 saturated carbocycles. The maximum absolute atomic E-state index is 12.3. The summed E-state index contributed by atoms with van der Waals surface area (Å²) in [5.74, 6) is 0.494. The van der Waals surface area contributed by atoms with E-state index in [2.05, 4.69) is 0 Å². The number of carbonyl (C=O) groups is 2. The Morgan fingerprint density at radius 2 is 1.33 bits per heavy atom. The topological polar surface area (TPSA) is 85.3 Å². The smallest absolute Gasteiger partial charge is 0.341 e. The molecule has 1 amide bonds. The van der Waals surface area contributed by atoms with Crippen LogP contribution in [0, 0.1) is 0 Å². The molecule has 144 valence electrons. The molecule has 0 bridgehead atoms. The van der Waals surface area contributed by atoms with E-state index < -0.39 is 12.6 Å². The second-order valence-electron chi connectivity index (χ2n) is 5.74. The van der Waals surface area contributed by atoms with E-state index in [4.69, 9.17) is 19.3 Å². The van der Waals surface area contributed by atoms with Gasteiger partial charge in [-0.25, -0.2) is 4.79 Å². The standard InChI is InChI=1S/C20H23NO6/c1-3-12-25-16-8-10-18(11-9-16)26-13-19(22)21(2)15-4-6-17(7-5-15)27-14-20(23)24/h4-11H,3,12-14H2,1-2H3,(H,23,24). The third kappa shape index (κ3) is 6.54. The lowest BCUT2D eigenvalue weighted by atomic mass is 10.3. The molecule has 2 rings (SSSR count). The van der Waals surface area contributed by atoms with E-state index in [1.54, 1.807) is 55.6 Å². The molecule has 0 radical (unpaired) electrons. The van der Waals surface area contributed by atoms with Crippen molar-refractivity contribution in [1.82, 2.24) is 0 Å². The molecular weight excluding hydrogens is 350 g/mol. The number of hydrogen-bond donors (Lipinski definition) is 1. The van der Waals surface area contributed by atoms with Crippen LogP contribution in [0.3, 0.4) is 0 Å². The fourth-order valence-corrected chi connectivity index (χ4v) is 2.15. The van der Waals surface area contributed by atoms with Crippen LogP contribution in [0.1, 0.15) is 13.3 Å². The van der Waals surface area contributed by atoms with E-state index in [1.165, 1.54) is 4.90 Å². The van der Waals surface area contributed by atoms with Gasteiger partial charge < -0.3 is 24.2 Å². The van der Waals surface area contributed by atoms with Crippen molar-refractivity contribution >= 4 is 17.6 Å². The Bertz CT molecular complexity index is 742. The number of hydrogen-bond acceptors (Lipinski definition) is 5. The molecule has 0 spiro atoms. The van der Waals surface area contributed by atoms with Gasteiger partial charge in [0, 0.05) is 12.7 Å². The van der Waals surface area contributed by atoms with Crippen LogP contribution in [0.5, 0.6) is 17.2 Å². The average molecular weight is 373 g/mol. The zero-order valence-electron chi connectivity index (χ0n) is 15.4. The molecule has 1 N–H and O–H groups in total. The van der Waals surface area contributed by atoms with Gasteiger partial charge in [-0.3, -0.25) is 4.79 Å². The minimum Gasteiger partial charge on any atom is -0.494 e. The first-order chi connectivity index (χ1) is 13.0. The number of amides is 1. The molecule has 27 heavy (non-hydrogen) atoms. The molecule has 2 aromatic carbocycles. The predicted molar refractivity (Wildman–Crippen MR) is 101 cm³/mol. The van der Waals surface area contributed by atoms with E-state index in [-0.39, 0.29) is 12.5 Å². The zero-order valence-corrected chi connectivity index (χ0v) is 15.4. The summed E-state index contributed by atoms with van der Waals surface area (Å²) < 4.78 is 16.1. The summed E-state index contributed by atoms with van der Waals surface area (Å²) in [5, 5.41) is 8.60. The highest BCUT2D eigenvalue weighted by atomic mass is 16.5. The number of carboxylic acid groups (broad SMARTS) is 1. The lowest BCUT2D eigenvalue weighted by Crippen LogP contribution is -2.31. The van der Waals surface area contributed by atoms with E-state index in [0.29, 0.717) is 23.8 Å². The second-order valence-corrected chi connectivity index (χ2v) is 5.74. The Hall–Kier alpha value is -3.22. The van der Waals surface area contributed by atoms with Crippen molar-refractivity contribution in [2.45, 2.75) is 13.3 Å². The molecule has 0 aromatic heterocycles. The van der Waals surface area contributed by atoms with E-state index >= 15 is 0 Å². The number of aliphatic carboxylic acids is 1. The number of ether oxygens (including phenoxy) is 3. The minimum atomic E-state index is -1.05. The van der Waals surface area contributed by atoms with Crippen LogP contribution >= 0.6 is 0 Å². The van der Waals surface area contributed by atoms with Gasteiger partial charge in [0.15, 0.2) is 13.2 Å². The van der Waals surface area contributed by atoms with Gasteiger partial charge in [0.25, 0.3) is 5.91 Å². The van der Waals surface area contributed by atoms with E-state index in [1.807, 2.05) is 6.92 Å². The molecule has 0 aliphatic rings. The summed E-state index contributed by atoms with van der Waals surface area (Å²) in [6.07, 6.45) is 0.936. The number of nitrogens with zero attached hydrogens (tertiary/aromatic N) is 1. The first-order valence-electron chi connectivity index (χ1n) is 8.56. The molecule has 0 atom stereocenters. The Kier molecular flexibility index (Phi) is 7.49. The van der Waals surface area contributed by atoms with Crippen LogP contribution in [0.25, 0.3) is 0 Å². The summed E-state index contributed by atoms with van der Waals surface area (Å²) in [6.45, 7) is 2.17. The van der Waals surface area contributed by atoms with Gasteiger partial charge >= 0.3 is 5.97 Å². The van der Waals surface area contributed by atoms with Gasteiger partial charge in [-0.15, -0.1) is 0 Å². The summed E-state index contributed by atoms with van der Waals surface area (Å²) in [7, 11) is 1.64. The molecule has 7 heteroatoms. The van der Waals surface area contributed by atoms with Crippen LogP contribution in [-0.2, 0) is 9.59 Å². The summed E-state index contributed by atoms with van der Waals surface area (Å²) in [6, 6.07) is 13.7. The number of benzene rings is 2. The molecule has 0 heterocycles. The van der Waals surface area contributed by atoms with Gasteiger partial charge in [0.2, 0.25) is 0 Å². The Morgan fingerprint density at radius 1 is 0.852 bits per heavy atom. The maximum Gasteiger partial charge on any atom is 0.341 e. The molecule has 2 aromatic rings. The quantitative estimate of drug-likeness (QED) is 0.689. The van der Waals surface area contributed by atoms with Crippen molar-refractivity contribution in [3.8, 4) is 17.2 Å². The first kappa shape index (κ1) is 20.1. The van der Waals surface area contributed by atoms with E-state index in [0.717, 1.165) is 12.2 Å². The first-order valence-corrected chi connectivity index (χ1v) is 8.56. The molecule has 7 nitrogen and oxygen atoms in total. The van der Waals surface area contributed by atoms with Crippen molar-refractivity contribution in [1.29, 1.82) is 0 Å². The lowest BCUT2D eigenvalue weighted by Gasteiger charge is -2.18. The third-order valence-corrected chi connectivity index (χ3v) is 3.62. The molecule has 0 aliphatic heterocycles. The van der Waals surface area contributed by atoms with Crippen LogP contribution in [0.2, 0.25) is 0 Å². The van der Waals surface area contributed by atoms with Crippen molar-refractivity contribution in [3.63, 3.8) is 0 Å². The van der Waals surface area contributed by atoms with Gasteiger partial charge in [-0.1, -0.05) is 6.92 Å². The fourth-order valence-electron chi connectivity index (χ4n) is 2.15. The SMILES string of the molecule is CCCOc1ccc(OCC(=O)N(C)c2ccc(OCC(=O)O)cc2)cc1. The number of rotatable bonds is 10. The van der Waals surface area contributed by atoms with Crippen LogP contribution in [0.15, 0.2) is 48.5 Å². The average Bonchev–Trinajstić information content (AvgIpc) is 2.69. The highest BCUT2D eigenvalue weighted by Crippen LogP contribution is 2.20. The van der Waals surface area contributed by atoms with Crippen molar-refractivity contribution in [2.75, 3.05) is 31.8 Å². The summed E-state index contributed by atoms with van der Waals surface area (Å²) in [5.41, 5.74) is 0.648. The summed E-state index contributed by atoms with van der Waals surface area (Å²) in [4.78, 5) is 24.2. The molecule has 0 fully saturated rings. The Morgan fingerprint density at radius 3 is 1.85 bits per heavy atom. The largest absolute Gasteiger partial charge is 0.494 e. The lowest BCUT2D eigenvalue weighted by molar-refractivity contribution is -0.139. The van der Waals surface area contributed by atoms with Gasteiger partial charge in [0.05, 0.1) is 6.61 Å². The van der Waals surface area contributed by atoms with Crippen molar-refractivity contribution in [3.05, 3.63) is 48.5 Å². The second kappa shape index (κ2) is 10.1. The molecule has 0 saturated heterocycles. The summed E-state index contributed by atoms with van der Waals surface area (Å²) >= 11 is 0. The number of likely N-dealkylation sites (N-methyl/N-ethyl adjacent to an activating group) is 1. The van der Waals surface area contributed by atoms with E-state index in [9.17, 15) is 9.59 Å². The fraction of sp³-hybridized carbons (Fsp3) is 0.300. The van der Waals surface area contributed by atoms with Crippen molar-refractivity contribution < 1.29 is 28.9 Å². The molecule has 0 unspecified atom stereocenters. The third-order valence-electron chi connectivity index (χ3n) is 3.62. The van der Waals surface area contributed by atoms with Crippen LogP contribution in [-0.4, -0.2) is 43.9 Å². The van der Waals surface area contributed by atoms with Crippen molar-refractivity contribution in [2.24, 2.45) is 0 Å². The highest BCUT2D eigenvalue weighted by Gasteiger charge is 2.12. The minimum absolute atomic E-state index is 0.108. The normalized spacial score (nSPS) is 10.1. The number of carboxylic acids is 1. The number of anilines is 1. The monoisotopic (exact) mass is 373 g/mol.